The Morgan fingerprint density at radius 3 is 2.58 bits per heavy atom. The zero-order valence-corrected chi connectivity index (χ0v) is 14.7. The van der Waals surface area contributed by atoms with Gasteiger partial charge in [-0.05, 0) is 42.3 Å². The van der Waals surface area contributed by atoms with Gasteiger partial charge in [0.1, 0.15) is 18.2 Å². The zero-order chi connectivity index (χ0) is 18.2. The normalized spacial score (nSPS) is 11.0. The molecule has 0 saturated heterocycles. The van der Waals surface area contributed by atoms with Crippen molar-refractivity contribution < 1.29 is 14.2 Å². The molecule has 3 aromatic carbocycles. The first kappa shape index (κ1) is 18.4. The summed E-state index contributed by atoms with van der Waals surface area (Å²) in [4.78, 5) is 0. The van der Waals surface area contributed by atoms with E-state index in [4.69, 9.17) is 9.84 Å². The lowest BCUT2D eigenvalue weighted by atomic mass is 10.0. The Labute approximate surface area is 153 Å². The highest BCUT2D eigenvalue weighted by Gasteiger charge is 2.10. The van der Waals surface area contributed by atoms with Crippen LogP contribution in [0.3, 0.4) is 0 Å². The summed E-state index contributed by atoms with van der Waals surface area (Å²) in [6.07, 6.45) is 1.71. The second kappa shape index (κ2) is 9.32. The number of aliphatic hydroxyl groups is 1. The fourth-order valence-corrected chi connectivity index (χ4v) is 2.98. The summed E-state index contributed by atoms with van der Waals surface area (Å²) in [5.41, 5.74) is 1.62. The first-order valence-corrected chi connectivity index (χ1v) is 8.98. The molecule has 0 aromatic heterocycles. The molecular formula is C22H24FNO2. The number of nitrogens with one attached hydrogen (secondary N) is 1. The fourth-order valence-electron chi connectivity index (χ4n) is 2.98. The van der Waals surface area contributed by atoms with E-state index in [9.17, 15) is 4.39 Å². The van der Waals surface area contributed by atoms with E-state index in [1.165, 1.54) is 6.07 Å². The number of unbranched alkanes of at least 4 members (excludes halogenated alkanes) is 1. The first-order valence-electron chi connectivity index (χ1n) is 8.98. The number of benzene rings is 3. The monoisotopic (exact) mass is 353 g/mol. The number of rotatable bonds is 9. The average molecular weight is 353 g/mol. The Morgan fingerprint density at radius 2 is 1.73 bits per heavy atom. The van der Waals surface area contributed by atoms with Crippen molar-refractivity contribution in [1.82, 2.24) is 5.32 Å². The van der Waals surface area contributed by atoms with Crippen LogP contribution >= 0.6 is 0 Å². The van der Waals surface area contributed by atoms with Crippen LogP contribution < -0.4 is 10.1 Å². The van der Waals surface area contributed by atoms with Crippen LogP contribution in [0.25, 0.3) is 10.8 Å². The molecule has 26 heavy (non-hydrogen) atoms. The van der Waals surface area contributed by atoms with E-state index in [2.05, 4.69) is 17.4 Å². The number of halogens is 1. The maximum Gasteiger partial charge on any atom is 0.129 e. The highest BCUT2D eigenvalue weighted by Crippen LogP contribution is 2.29. The Kier molecular flexibility index (Phi) is 6.58. The number of hydrogen-bond acceptors (Lipinski definition) is 3. The molecule has 3 aromatic rings. The third-order valence-electron chi connectivity index (χ3n) is 4.40. The zero-order valence-electron chi connectivity index (χ0n) is 14.7. The van der Waals surface area contributed by atoms with Crippen LogP contribution in [0.5, 0.6) is 5.75 Å². The molecule has 3 nitrogen and oxygen atoms in total. The molecule has 2 N–H and O–H groups in total. The fraction of sp³-hybridized carbons (Fsp3) is 0.273. The van der Waals surface area contributed by atoms with E-state index >= 15 is 0 Å². The number of fused-ring (bicyclic) bond motifs is 1. The Bertz CT molecular complexity index is 850. The van der Waals surface area contributed by atoms with Crippen molar-refractivity contribution in [2.75, 3.05) is 13.2 Å². The number of aliphatic hydroxyl groups excluding tert-OH is 1. The molecule has 0 unspecified atom stereocenters. The van der Waals surface area contributed by atoms with Gasteiger partial charge in [-0.1, -0.05) is 48.5 Å². The van der Waals surface area contributed by atoms with Gasteiger partial charge >= 0.3 is 0 Å². The van der Waals surface area contributed by atoms with Crippen LogP contribution in [0.15, 0.2) is 60.7 Å². The minimum Gasteiger partial charge on any atom is -0.488 e. The van der Waals surface area contributed by atoms with E-state index < -0.39 is 0 Å². The van der Waals surface area contributed by atoms with Gasteiger partial charge in [-0.25, -0.2) is 4.39 Å². The van der Waals surface area contributed by atoms with Crippen LogP contribution in [0.4, 0.5) is 4.39 Å². The summed E-state index contributed by atoms with van der Waals surface area (Å²) < 4.78 is 19.8. The van der Waals surface area contributed by atoms with E-state index in [-0.39, 0.29) is 19.0 Å². The molecule has 0 fully saturated rings. The molecule has 0 amide bonds. The number of ether oxygens (including phenoxy) is 1. The number of hydrogen-bond donors (Lipinski definition) is 2. The lowest BCUT2D eigenvalue weighted by molar-refractivity contribution is 0.283. The molecule has 0 heterocycles. The van der Waals surface area contributed by atoms with Crippen molar-refractivity contribution in [1.29, 1.82) is 0 Å². The maximum absolute atomic E-state index is 13.9. The Hall–Kier alpha value is -2.43. The van der Waals surface area contributed by atoms with Crippen molar-refractivity contribution >= 4 is 10.8 Å². The molecule has 0 saturated carbocycles. The molecule has 0 aliphatic carbocycles. The molecule has 0 radical (unpaired) electrons. The predicted octanol–water partition coefficient (Wildman–Crippen LogP) is 4.42. The van der Waals surface area contributed by atoms with Gasteiger partial charge in [-0.2, -0.15) is 0 Å². The summed E-state index contributed by atoms with van der Waals surface area (Å²) in [5, 5.41) is 14.6. The van der Waals surface area contributed by atoms with Crippen molar-refractivity contribution in [3.05, 3.63) is 77.6 Å². The van der Waals surface area contributed by atoms with E-state index in [1.807, 2.05) is 30.3 Å². The van der Waals surface area contributed by atoms with Gasteiger partial charge in [-0.3, -0.25) is 0 Å². The van der Waals surface area contributed by atoms with E-state index in [0.717, 1.165) is 41.5 Å². The van der Waals surface area contributed by atoms with Crippen LogP contribution in [0.1, 0.15) is 24.0 Å². The van der Waals surface area contributed by atoms with Crippen LogP contribution in [0.2, 0.25) is 0 Å². The second-order valence-electron chi connectivity index (χ2n) is 6.25. The van der Waals surface area contributed by atoms with Gasteiger partial charge in [0.2, 0.25) is 0 Å². The first-order chi connectivity index (χ1) is 12.8. The van der Waals surface area contributed by atoms with Gasteiger partial charge in [-0.15, -0.1) is 0 Å². The minimum atomic E-state index is -0.253. The summed E-state index contributed by atoms with van der Waals surface area (Å²) >= 11 is 0. The maximum atomic E-state index is 13.9. The summed E-state index contributed by atoms with van der Waals surface area (Å²) in [7, 11) is 0. The third kappa shape index (κ3) is 4.59. The largest absolute Gasteiger partial charge is 0.488 e. The van der Waals surface area contributed by atoms with Gasteiger partial charge in [0.15, 0.2) is 0 Å². The highest BCUT2D eigenvalue weighted by atomic mass is 19.1. The molecule has 0 spiro atoms. The topological polar surface area (TPSA) is 41.5 Å². The Morgan fingerprint density at radius 1 is 0.923 bits per heavy atom. The van der Waals surface area contributed by atoms with E-state index in [1.54, 1.807) is 12.1 Å². The van der Waals surface area contributed by atoms with Gasteiger partial charge in [0.05, 0.1) is 0 Å². The van der Waals surface area contributed by atoms with Crippen molar-refractivity contribution in [2.24, 2.45) is 0 Å². The predicted molar refractivity (Wildman–Crippen MR) is 103 cm³/mol. The van der Waals surface area contributed by atoms with Gasteiger partial charge < -0.3 is 15.2 Å². The third-order valence-corrected chi connectivity index (χ3v) is 4.40. The second-order valence-corrected chi connectivity index (χ2v) is 6.25. The molecule has 0 bridgehead atoms. The smallest absolute Gasteiger partial charge is 0.129 e. The van der Waals surface area contributed by atoms with Crippen LogP contribution in [-0.4, -0.2) is 18.3 Å². The summed E-state index contributed by atoms with van der Waals surface area (Å²) in [6, 6.07) is 18.8. The quantitative estimate of drug-likeness (QED) is 0.560. The minimum absolute atomic E-state index is 0.197. The van der Waals surface area contributed by atoms with Gasteiger partial charge in [0, 0.05) is 24.3 Å². The van der Waals surface area contributed by atoms with E-state index in [0.29, 0.717) is 12.1 Å². The highest BCUT2D eigenvalue weighted by molar-refractivity contribution is 5.87. The summed E-state index contributed by atoms with van der Waals surface area (Å²) in [6.45, 7) is 1.91. The van der Waals surface area contributed by atoms with Gasteiger partial charge in [0.25, 0.3) is 0 Å². The molecule has 0 aliphatic rings. The van der Waals surface area contributed by atoms with Crippen LogP contribution in [-0.2, 0) is 13.2 Å². The average Bonchev–Trinajstić information content (AvgIpc) is 2.68. The molecule has 136 valence electrons. The molecule has 0 aliphatic heterocycles. The van der Waals surface area contributed by atoms with Crippen molar-refractivity contribution in [3.8, 4) is 5.75 Å². The Balaban J connectivity index is 1.79. The molecule has 4 heteroatoms. The lowest BCUT2D eigenvalue weighted by Crippen LogP contribution is -2.16. The summed E-state index contributed by atoms with van der Waals surface area (Å²) in [5.74, 6) is 0.513. The van der Waals surface area contributed by atoms with Crippen molar-refractivity contribution in [2.45, 2.75) is 26.0 Å². The molecular weight excluding hydrogens is 329 g/mol. The molecule has 3 rings (SSSR count). The van der Waals surface area contributed by atoms with Crippen molar-refractivity contribution in [3.63, 3.8) is 0 Å². The standard InChI is InChI=1S/C22H24FNO2/c23-21-10-4-2-8-18(21)16-26-22-12-11-17-7-1-3-9-19(17)20(22)15-24-13-5-6-14-25/h1-4,7-12,24-25H,5-6,13-16H2. The lowest BCUT2D eigenvalue weighted by Gasteiger charge is -2.15. The van der Waals surface area contributed by atoms with Crippen LogP contribution in [0, 0.1) is 5.82 Å². The molecule has 0 atom stereocenters. The SMILES string of the molecule is OCCCCNCc1c(OCc2ccccc2F)ccc2ccccc12.